The van der Waals surface area contributed by atoms with E-state index >= 15 is 0 Å². The van der Waals surface area contributed by atoms with Crippen LogP contribution in [0.4, 0.5) is 0 Å². The third kappa shape index (κ3) is 4.90. The summed E-state index contributed by atoms with van der Waals surface area (Å²) >= 11 is 1.85. The van der Waals surface area contributed by atoms with E-state index < -0.39 is 0 Å². The van der Waals surface area contributed by atoms with E-state index in [9.17, 15) is 0 Å². The number of aliphatic hydroxyl groups is 1. The fourth-order valence-corrected chi connectivity index (χ4v) is 1.91. The molecule has 2 nitrogen and oxygen atoms in total. The Hall–Kier alpha value is -0.540. The Bertz CT molecular complexity index is 215. The molecule has 1 N–H and O–H groups in total. The Morgan fingerprint density at radius 3 is 2.62 bits per heavy atom. The topological polar surface area (TPSA) is 33.1 Å². The van der Waals surface area contributed by atoms with Crippen LogP contribution in [0.2, 0.25) is 0 Å². The predicted octanol–water partition coefficient (Wildman–Crippen LogP) is 2.34. The molecule has 1 rings (SSSR count). The minimum atomic E-state index is 0.319. The van der Waals surface area contributed by atoms with Crippen LogP contribution in [0.15, 0.2) is 29.4 Å². The van der Waals surface area contributed by atoms with Crippen LogP contribution in [0, 0.1) is 0 Å². The van der Waals surface area contributed by atoms with Crippen LogP contribution in [0.3, 0.4) is 0 Å². The Balaban J connectivity index is 2.07. The van der Waals surface area contributed by atoms with Crippen molar-refractivity contribution in [3.63, 3.8) is 0 Å². The first kappa shape index (κ1) is 10.5. The van der Waals surface area contributed by atoms with Gasteiger partial charge in [-0.2, -0.15) is 0 Å². The lowest BCUT2D eigenvalue weighted by Crippen LogP contribution is -1.85. The molecular formula is C10H15NOS. The van der Waals surface area contributed by atoms with Crippen molar-refractivity contribution >= 4 is 11.8 Å². The molecule has 0 bridgehead atoms. The first-order chi connectivity index (χ1) is 6.43. The van der Waals surface area contributed by atoms with E-state index in [-0.39, 0.29) is 0 Å². The molecule has 13 heavy (non-hydrogen) atoms. The molecule has 0 aliphatic carbocycles. The van der Waals surface area contributed by atoms with Gasteiger partial charge in [-0.3, -0.25) is 4.98 Å². The summed E-state index contributed by atoms with van der Waals surface area (Å²) in [6, 6.07) is 4.05. The van der Waals surface area contributed by atoms with Crippen LogP contribution in [-0.4, -0.2) is 22.5 Å². The number of pyridine rings is 1. The number of hydrogen-bond acceptors (Lipinski definition) is 3. The predicted molar refractivity (Wildman–Crippen MR) is 55.9 cm³/mol. The van der Waals surface area contributed by atoms with Gasteiger partial charge in [-0.1, -0.05) is 6.42 Å². The van der Waals surface area contributed by atoms with Crippen molar-refractivity contribution < 1.29 is 5.11 Å². The van der Waals surface area contributed by atoms with Gasteiger partial charge in [0, 0.05) is 23.9 Å². The SMILES string of the molecule is OCCCCCSc1ccncc1. The Morgan fingerprint density at radius 1 is 1.15 bits per heavy atom. The lowest BCUT2D eigenvalue weighted by atomic mass is 10.3. The van der Waals surface area contributed by atoms with Gasteiger partial charge >= 0.3 is 0 Å². The molecule has 1 aromatic rings. The van der Waals surface area contributed by atoms with E-state index in [4.69, 9.17) is 5.11 Å². The van der Waals surface area contributed by atoms with Gasteiger partial charge in [0.15, 0.2) is 0 Å². The molecule has 0 saturated carbocycles. The molecule has 0 atom stereocenters. The number of nitrogens with zero attached hydrogens (tertiary/aromatic N) is 1. The van der Waals surface area contributed by atoms with E-state index in [2.05, 4.69) is 4.98 Å². The molecule has 0 aromatic carbocycles. The highest BCUT2D eigenvalue weighted by molar-refractivity contribution is 7.99. The van der Waals surface area contributed by atoms with Gasteiger partial charge in [-0.15, -0.1) is 11.8 Å². The zero-order chi connectivity index (χ0) is 9.36. The summed E-state index contributed by atoms with van der Waals surface area (Å²) in [5.41, 5.74) is 0. The number of unbranched alkanes of at least 4 members (excludes halogenated alkanes) is 2. The molecule has 3 heteroatoms. The first-order valence-electron chi connectivity index (χ1n) is 4.57. The third-order valence-corrected chi connectivity index (χ3v) is 2.82. The summed E-state index contributed by atoms with van der Waals surface area (Å²) < 4.78 is 0. The highest BCUT2D eigenvalue weighted by Gasteiger charge is 1.92. The summed E-state index contributed by atoms with van der Waals surface area (Å²) in [4.78, 5) is 5.23. The van der Waals surface area contributed by atoms with Crippen LogP contribution in [-0.2, 0) is 0 Å². The third-order valence-electron chi connectivity index (χ3n) is 1.72. The maximum Gasteiger partial charge on any atom is 0.0431 e. The van der Waals surface area contributed by atoms with Crippen LogP contribution >= 0.6 is 11.8 Å². The van der Waals surface area contributed by atoms with Gasteiger partial charge in [-0.25, -0.2) is 0 Å². The highest BCUT2D eigenvalue weighted by atomic mass is 32.2. The second kappa shape index (κ2) is 6.92. The van der Waals surface area contributed by atoms with Gasteiger partial charge in [0.05, 0.1) is 0 Å². The highest BCUT2D eigenvalue weighted by Crippen LogP contribution is 2.17. The summed E-state index contributed by atoms with van der Waals surface area (Å²) in [7, 11) is 0. The molecule has 0 fully saturated rings. The number of rotatable bonds is 6. The zero-order valence-corrected chi connectivity index (χ0v) is 8.46. The average Bonchev–Trinajstić information content (AvgIpc) is 2.19. The molecule has 0 aliphatic heterocycles. The quantitative estimate of drug-likeness (QED) is 0.561. The number of aromatic nitrogens is 1. The standard InChI is InChI=1S/C10H15NOS/c12-8-2-1-3-9-13-10-4-6-11-7-5-10/h4-7,12H,1-3,8-9H2. The fourth-order valence-electron chi connectivity index (χ4n) is 1.02. The fraction of sp³-hybridized carbons (Fsp3) is 0.500. The van der Waals surface area contributed by atoms with Crippen LogP contribution < -0.4 is 0 Å². The monoisotopic (exact) mass is 197 g/mol. The lowest BCUT2D eigenvalue weighted by molar-refractivity contribution is 0.284. The molecule has 1 aromatic heterocycles. The van der Waals surface area contributed by atoms with Crippen molar-refractivity contribution in [2.75, 3.05) is 12.4 Å². The number of hydrogen-bond donors (Lipinski definition) is 1. The van der Waals surface area contributed by atoms with Gasteiger partial charge < -0.3 is 5.11 Å². The van der Waals surface area contributed by atoms with Crippen molar-refractivity contribution in [2.24, 2.45) is 0 Å². The van der Waals surface area contributed by atoms with Gasteiger partial charge in [0.25, 0.3) is 0 Å². The zero-order valence-electron chi connectivity index (χ0n) is 7.65. The summed E-state index contributed by atoms with van der Waals surface area (Å²) in [5, 5.41) is 8.57. The van der Waals surface area contributed by atoms with E-state index in [0.29, 0.717) is 6.61 Å². The molecule has 0 radical (unpaired) electrons. The van der Waals surface area contributed by atoms with E-state index in [0.717, 1.165) is 18.6 Å². The van der Waals surface area contributed by atoms with Crippen molar-refractivity contribution in [2.45, 2.75) is 24.2 Å². The van der Waals surface area contributed by atoms with E-state index in [1.807, 2.05) is 36.3 Å². The number of aliphatic hydroxyl groups excluding tert-OH is 1. The second-order valence-electron chi connectivity index (χ2n) is 2.82. The Kier molecular flexibility index (Phi) is 5.61. The molecule has 1 heterocycles. The molecule has 0 unspecified atom stereocenters. The first-order valence-corrected chi connectivity index (χ1v) is 5.56. The lowest BCUT2D eigenvalue weighted by Gasteiger charge is -1.99. The van der Waals surface area contributed by atoms with Crippen molar-refractivity contribution in [3.05, 3.63) is 24.5 Å². The molecule has 0 amide bonds. The van der Waals surface area contributed by atoms with Crippen molar-refractivity contribution in [3.8, 4) is 0 Å². The molecule has 0 aliphatic rings. The molecule has 0 spiro atoms. The molecule has 0 saturated heterocycles. The molecule has 72 valence electrons. The van der Waals surface area contributed by atoms with Gasteiger partial charge in [-0.05, 0) is 30.7 Å². The van der Waals surface area contributed by atoms with Crippen molar-refractivity contribution in [1.82, 2.24) is 4.98 Å². The minimum Gasteiger partial charge on any atom is -0.396 e. The average molecular weight is 197 g/mol. The van der Waals surface area contributed by atoms with Crippen LogP contribution in [0.1, 0.15) is 19.3 Å². The summed E-state index contributed by atoms with van der Waals surface area (Å²) in [6.45, 7) is 0.319. The second-order valence-corrected chi connectivity index (χ2v) is 3.98. The Morgan fingerprint density at radius 2 is 1.92 bits per heavy atom. The maximum atomic E-state index is 8.57. The van der Waals surface area contributed by atoms with Crippen LogP contribution in [0.25, 0.3) is 0 Å². The summed E-state index contributed by atoms with van der Waals surface area (Å²) in [5.74, 6) is 1.13. The largest absolute Gasteiger partial charge is 0.396 e. The van der Waals surface area contributed by atoms with Gasteiger partial charge in [0.2, 0.25) is 0 Å². The summed E-state index contributed by atoms with van der Waals surface area (Å²) in [6.07, 6.45) is 6.85. The van der Waals surface area contributed by atoms with E-state index in [1.54, 1.807) is 0 Å². The minimum absolute atomic E-state index is 0.319. The van der Waals surface area contributed by atoms with Gasteiger partial charge in [0.1, 0.15) is 0 Å². The van der Waals surface area contributed by atoms with E-state index in [1.165, 1.54) is 11.3 Å². The smallest absolute Gasteiger partial charge is 0.0431 e. The normalized spacial score (nSPS) is 10.2. The Labute approximate surface area is 83.4 Å². The molecular weight excluding hydrogens is 182 g/mol. The van der Waals surface area contributed by atoms with Crippen LogP contribution in [0.5, 0.6) is 0 Å². The number of thioether (sulfide) groups is 1. The van der Waals surface area contributed by atoms with Crippen molar-refractivity contribution in [1.29, 1.82) is 0 Å². The maximum absolute atomic E-state index is 8.57.